The van der Waals surface area contributed by atoms with Crippen LogP contribution in [0.1, 0.15) is 68.8 Å². The molecule has 2 saturated heterocycles. The van der Waals surface area contributed by atoms with E-state index in [-0.39, 0.29) is 11.7 Å². The summed E-state index contributed by atoms with van der Waals surface area (Å²) >= 11 is 0. The Bertz CT molecular complexity index is 900. The van der Waals surface area contributed by atoms with Gasteiger partial charge in [-0.1, -0.05) is 43.8 Å². The fourth-order valence-electron chi connectivity index (χ4n) is 5.43. The summed E-state index contributed by atoms with van der Waals surface area (Å²) in [4.78, 5) is 14.2. The molecule has 1 aromatic carbocycles. The molecule has 9 heteroatoms. The summed E-state index contributed by atoms with van der Waals surface area (Å²) in [5, 5.41) is 2.13. The van der Waals surface area contributed by atoms with E-state index in [9.17, 15) is 4.79 Å². The average molecular weight is 505 g/mol. The van der Waals surface area contributed by atoms with E-state index in [2.05, 4.69) is 10.2 Å². The molecule has 0 bridgehead atoms. The first-order valence-corrected chi connectivity index (χ1v) is 13.7. The first kappa shape index (κ1) is 30.8. The van der Waals surface area contributed by atoms with Crippen LogP contribution in [0.4, 0.5) is 0 Å². The predicted octanol–water partition coefficient (Wildman–Crippen LogP) is 2.66. The lowest BCUT2D eigenvalue weighted by Crippen LogP contribution is -2.55. The third-order valence-corrected chi connectivity index (χ3v) is 7.42. The van der Waals surface area contributed by atoms with E-state index in [1.165, 1.54) is 25.3 Å². The third kappa shape index (κ3) is 8.57. The molecule has 37 heavy (non-hydrogen) atoms. The topological polar surface area (TPSA) is 120 Å². The quantitative estimate of drug-likeness (QED) is 0.349. The maximum atomic E-state index is 11.8. The van der Waals surface area contributed by atoms with E-state index in [1.54, 1.807) is 24.3 Å². The van der Waals surface area contributed by atoms with Gasteiger partial charge in [-0.05, 0) is 68.6 Å². The summed E-state index contributed by atoms with van der Waals surface area (Å²) in [5.74, 6) is 2.13. The second kappa shape index (κ2) is 15.1. The average Bonchev–Trinajstić information content (AvgIpc) is 3.53. The Morgan fingerprint density at radius 3 is 2.14 bits per heavy atom. The van der Waals surface area contributed by atoms with Crippen LogP contribution < -0.4 is 22.5 Å². The Morgan fingerprint density at radius 1 is 1.03 bits per heavy atom. The number of nitrogens with one attached hydrogen (secondary N) is 1. The smallest absolute Gasteiger partial charge is 0.251 e. The molecule has 1 amide bonds. The number of carbonyl (C=O) groups is 1. The molecule has 1 saturated carbocycles. The molecule has 2 aliphatic heterocycles. The fraction of sp³-hybridized carbons (Fsp3) is 0.607. The van der Waals surface area contributed by atoms with Crippen LogP contribution in [-0.2, 0) is 4.74 Å². The molecule has 2 heterocycles. The Balaban J connectivity index is 0.000000244. The Morgan fingerprint density at radius 2 is 1.59 bits per heavy atom. The SMILES string of the molecule is CC.CCNC(=O)c1ccccc1/C(N)=C/C=C(N)N.[B]C([B])(C1CCOCC1)N1CC2CCCC2C1. The minimum absolute atomic E-state index is 0.158. The number of ether oxygens (including phenoxy) is 1. The van der Waals surface area contributed by atoms with Crippen molar-refractivity contribution in [3.63, 3.8) is 0 Å². The molecule has 3 aliphatic rings. The van der Waals surface area contributed by atoms with E-state index in [0.29, 0.717) is 29.3 Å². The van der Waals surface area contributed by atoms with E-state index in [4.69, 9.17) is 37.6 Å². The van der Waals surface area contributed by atoms with Gasteiger partial charge in [0.05, 0.1) is 21.5 Å². The zero-order chi connectivity index (χ0) is 27.4. The number of benzene rings is 1. The third-order valence-electron chi connectivity index (χ3n) is 7.42. The van der Waals surface area contributed by atoms with Gasteiger partial charge >= 0.3 is 0 Å². The number of amides is 1. The minimum Gasteiger partial charge on any atom is -0.398 e. The molecule has 2 unspecified atom stereocenters. The van der Waals surface area contributed by atoms with Gasteiger partial charge in [0.15, 0.2) is 0 Å². The van der Waals surface area contributed by atoms with Crippen molar-refractivity contribution in [1.82, 2.24) is 10.2 Å². The van der Waals surface area contributed by atoms with E-state index in [0.717, 1.165) is 51.0 Å². The normalized spacial score (nSPS) is 22.1. The Kier molecular flexibility index (Phi) is 12.6. The first-order valence-electron chi connectivity index (χ1n) is 13.7. The number of nitrogens with two attached hydrogens (primary N) is 3. The minimum atomic E-state index is -0.603. The first-order chi connectivity index (χ1) is 17.7. The number of hydrogen-bond donors (Lipinski definition) is 4. The maximum Gasteiger partial charge on any atom is 0.251 e. The number of hydrogen-bond acceptors (Lipinski definition) is 6. The van der Waals surface area contributed by atoms with E-state index >= 15 is 0 Å². The van der Waals surface area contributed by atoms with Crippen molar-refractivity contribution in [3.8, 4) is 0 Å². The summed E-state index contributed by atoms with van der Waals surface area (Å²) in [7, 11) is 12.9. The molecule has 200 valence electrons. The lowest BCUT2D eigenvalue weighted by Gasteiger charge is -2.45. The van der Waals surface area contributed by atoms with Crippen molar-refractivity contribution in [3.05, 3.63) is 53.4 Å². The van der Waals surface area contributed by atoms with Crippen molar-refractivity contribution in [1.29, 1.82) is 0 Å². The number of fused-ring (bicyclic) bond motifs is 1. The van der Waals surface area contributed by atoms with Gasteiger partial charge in [0.1, 0.15) is 0 Å². The highest BCUT2D eigenvalue weighted by Crippen LogP contribution is 2.41. The molecule has 0 aromatic heterocycles. The molecular formula is C28H45B2N5O2. The van der Waals surface area contributed by atoms with E-state index < -0.39 is 5.34 Å². The van der Waals surface area contributed by atoms with Gasteiger partial charge in [-0.25, -0.2) is 0 Å². The van der Waals surface area contributed by atoms with Crippen molar-refractivity contribution in [2.24, 2.45) is 35.0 Å². The van der Waals surface area contributed by atoms with Crippen LogP contribution in [0.2, 0.25) is 0 Å². The highest BCUT2D eigenvalue weighted by atomic mass is 16.5. The number of rotatable bonds is 6. The molecule has 7 N–H and O–H groups in total. The molecular weight excluding hydrogens is 460 g/mol. The Hall–Kier alpha value is -2.38. The standard InChI is InChI=1S/C13H21B2NO.C13H18N4O.C2H6/c14-13(15,12-4-6-17-7-5-12)16-8-10-2-1-3-11(10)9-16;1-2-17-13(18)10-6-4-3-5-9(10)11(14)7-8-12(15)16;1-2/h10-12H,1-9H2;3-8H,2,14-16H2,1H3,(H,17,18);1-2H3/b;11-7-;. The van der Waals surface area contributed by atoms with Gasteiger partial charge in [-0.2, -0.15) is 0 Å². The van der Waals surface area contributed by atoms with Gasteiger partial charge in [0.25, 0.3) is 5.91 Å². The summed E-state index contributed by atoms with van der Waals surface area (Å²) in [6.07, 6.45) is 9.26. The number of likely N-dealkylation sites (tertiary alicyclic amines) is 1. The van der Waals surface area contributed by atoms with E-state index in [1.807, 2.05) is 26.8 Å². The number of nitrogens with zero attached hydrogens (tertiary/aromatic N) is 1. The summed E-state index contributed by atoms with van der Waals surface area (Å²) in [5.41, 5.74) is 18.2. The highest BCUT2D eigenvalue weighted by Gasteiger charge is 2.43. The van der Waals surface area contributed by atoms with Crippen LogP contribution in [0, 0.1) is 17.8 Å². The summed E-state index contributed by atoms with van der Waals surface area (Å²) in [6, 6.07) is 7.09. The van der Waals surface area contributed by atoms with Crippen molar-refractivity contribution >= 4 is 27.3 Å². The monoisotopic (exact) mass is 505 g/mol. The van der Waals surface area contributed by atoms with Crippen LogP contribution in [0.5, 0.6) is 0 Å². The fourth-order valence-corrected chi connectivity index (χ4v) is 5.43. The molecule has 4 rings (SSSR count). The van der Waals surface area contributed by atoms with Crippen LogP contribution in [-0.4, -0.2) is 64.7 Å². The van der Waals surface area contributed by atoms with Crippen LogP contribution in [0.15, 0.2) is 42.2 Å². The van der Waals surface area contributed by atoms with Crippen LogP contribution in [0.3, 0.4) is 0 Å². The zero-order valence-electron chi connectivity index (χ0n) is 22.9. The molecule has 4 radical (unpaired) electrons. The van der Waals surface area contributed by atoms with Gasteiger partial charge in [0.2, 0.25) is 0 Å². The van der Waals surface area contributed by atoms with Crippen molar-refractivity contribution in [2.75, 3.05) is 32.8 Å². The van der Waals surface area contributed by atoms with Gasteiger partial charge in [0, 0.05) is 49.7 Å². The summed E-state index contributed by atoms with van der Waals surface area (Å²) in [6.45, 7) is 10.3. The largest absolute Gasteiger partial charge is 0.398 e. The lowest BCUT2D eigenvalue weighted by molar-refractivity contribution is 0.0375. The zero-order valence-corrected chi connectivity index (χ0v) is 22.9. The van der Waals surface area contributed by atoms with Crippen LogP contribution >= 0.6 is 0 Å². The highest BCUT2D eigenvalue weighted by molar-refractivity contribution is 6.40. The molecule has 2 atom stereocenters. The number of carbonyl (C=O) groups excluding carboxylic acids is 1. The van der Waals surface area contributed by atoms with Gasteiger partial charge < -0.3 is 32.2 Å². The Labute approximate surface area is 226 Å². The van der Waals surface area contributed by atoms with Gasteiger partial charge in [-0.3, -0.25) is 4.79 Å². The second-order valence-electron chi connectivity index (χ2n) is 9.82. The lowest BCUT2D eigenvalue weighted by atomic mass is 9.52. The van der Waals surface area contributed by atoms with Crippen molar-refractivity contribution < 1.29 is 9.53 Å². The second-order valence-corrected chi connectivity index (χ2v) is 9.82. The maximum absolute atomic E-state index is 11.8. The molecule has 3 fully saturated rings. The van der Waals surface area contributed by atoms with Crippen molar-refractivity contribution in [2.45, 2.75) is 58.2 Å². The molecule has 1 aromatic rings. The molecule has 7 nitrogen and oxygen atoms in total. The number of allylic oxidation sites excluding steroid dienone is 2. The van der Waals surface area contributed by atoms with Gasteiger partial charge in [-0.15, -0.1) is 0 Å². The summed E-state index contributed by atoms with van der Waals surface area (Å²) < 4.78 is 5.40. The predicted molar refractivity (Wildman–Crippen MR) is 155 cm³/mol. The molecule has 1 aliphatic carbocycles. The molecule has 0 spiro atoms. The van der Waals surface area contributed by atoms with Crippen LogP contribution in [0.25, 0.3) is 5.70 Å².